The molecule has 0 spiro atoms. The Hall–Kier alpha value is -0.490. The number of nitriles is 1. The molecule has 1 rings (SSSR count). The third kappa shape index (κ3) is 3.25. The summed E-state index contributed by atoms with van der Waals surface area (Å²) < 4.78 is 0.839. The van der Waals surface area contributed by atoms with Crippen LogP contribution in [-0.4, -0.2) is 0 Å². The molecule has 84 valence electrons. The first kappa shape index (κ1) is 13.6. The third-order valence-corrected chi connectivity index (χ3v) is 3.42. The Morgan fingerprint density at radius 1 is 1.50 bits per heavy atom. The van der Waals surface area contributed by atoms with Gasteiger partial charge in [-0.15, -0.1) is 0 Å². The molecular formula is C12H10BrCl2N. The highest BCUT2D eigenvalue weighted by Crippen LogP contribution is 2.33. The molecule has 0 bridgehead atoms. The number of rotatable bonds is 3. The Bertz CT molecular complexity index is 461. The molecule has 0 saturated heterocycles. The maximum absolute atomic E-state index is 9.01. The largest absolute Gasteiger partial charge is 0.193 e. The monoisotopic (exact) mass is 317 g/mol. The van der Waals surface area contributed by atoms with Gasteiger partial charge in [0.15, 0.2) is 0 Å². The molecule has 16 heavy (non-hydrogen) atoms. The molecular weight excluding hydrogens is 309 g/mol. The molecule has 0 heterocycles. The summed E-state index contributed by atoms with van der Waals surface area (Å²) in [4.78, 5) is 0. The lowest BCUT2D eigenvalue weighted by Crippen LogP contribution is -1.87. The summed E-state index contributed by atoms with van der Waals surface area (Å²) in [6.07, 6.45) is 1.56. The number of halogens is 3. The van der Waals surface area contributed by atoms with Crippen molar-refractivity contribution in [3.8, 4) is 6.07 Å². The van der Waals surface area contributed by atoms with Crippen LogP contribution in [0.25, 0.3) is 5.03 Å². The van der Waals surface area contributed by atoms with Crippen LogP contribution in [0.3, 0.4) is 0 Å². The molecule has 0 aliphatic heterocycles. The van der Waals surface area contributed by atoms with Gasteiger partial charge in [-0.2, -0.15) is 5.26 Å². The maximum Gasteiger partial charge on any atom is 0.0962 e. The highest BCUT2D eigenvalue weighted by atomic mass is 79.9. The van der Waals surface area contributed by atoms with Gasteiger partial charge in [0.25, 0.3) is 0 Å². The molecule has 0 radical (unpaired) electrons. The van der Waals surface area contributed by atoms with Gasteiger partial charge in [-0.1, -0.05) is 52.5 Å². The Balaban J connectivity index is 3.27. The number of allylic oxidation sites excluding steroid dienone is 1. The van der Waals surface area contributed by atoms with Crippen molar-refractivity contribution in [2.75, 3.05) is 0 Å². The topological polar surface area (TPSA) is 23.8 Å². The minimum atomic E-state index is 0.471. The van der Waals surface area contributed by atoms with Crippen molar-refractivity contribution in [3.63, 3.8) is 0 Å². The zero-order valence-electron chi connectivity index (χ0n) is 8.73. The number of benzene rings is 1. The second-order valence-electron chi connectivity index (χ2n) is 3.28. The fourth-order valence-electron chi connectivity index (χ4n) is 1.29. The van der Waals surface area contributed by atoms with Gasteiger partial charge >= 0.3 is 0 Å². The maximum atomic E-state index is 9.01. The third-order valence-electron chi connectivity index (χ3n) is 2.06. The number of nitrogens with zero attached hydrogens (tertiary/aromatic N) is 1. The molecule has 4 heteroatoms. The van der Waals surface area contributed by atoms with E-state index in [1.807, 2.05) is 13.0 Å². The lowest BCUT2D eigenvalue weighted by Gasteiger charge is -2.06. The van der Waals surface area contributed by atoms with E-state index < -0.39 is 0 Å². The normalized spacial score (nSPS) is 11.9. The van der Waals surface area contributed by atoms with Gasteiger partial charge < -0.3 is 0 Å². The smallest absolute Gasteiger partial charge is 0.0962 e. The van der Waals surface area contributed by atoms with Crippen molar-refractivity contribution in [1.82, 2.24) is 0 Å². The summed E-state index contributed by atoms with van der Waals surface area (Å²) in [6, 6.07) is 7.47. The van der Waals surface area contributed by atoms with Gasteiger partial charge in [0.1, 0.15) is 0 Å². The fourth-order valence-corrected chi connectivity index (χ4v) is 2.32. The molecule has 1 aromatic rings. The van der Waals surface area contributed by atoms with E-state index in [1.54, 1.807) is 12.1 Å². The van der Waals surface area contributed by atoms with Crippen LogP contribution >= 0.6 is 39.1 Å². The Kier molecular flexibility index (Phi) is 5.34. The van der Waals surface area contributed by atoms with Gasteiger partial charge in [-0.25, -0.2) is 0 Å². The summed E-state index contributed by atoms with van der Waals surface area (Å²) in [6.45, 7) is 2.01. The minimum Gasteiger partial charge on any atom is -0.193 e. The molecule has 0 N–H and O–H groups in total. The van der Waals surface area contributed by atoms with E-state index in [1.165, 1.54) is 0 Å². The van der Waals surface area contributed by atoms with Crippen molar-refractivity contribution in [3.05, 3.63) is 38.8 Å². The van der Waals surface area contributed by atoms with Crippen molar-refractivity contribution in [1.29, 1.82) is 5.26 Å². The molecule has 0 amide bonds. The van der Waals surface area contributed by atoms with Crippen molar-refractivity contribution in [2.24, 2.45) is 0 Å². The van der Waals surface area contributed by atoms with Crippen LogP contribution in [0.15, 0.2) is 28.2 Å². The molecule has 0 aliphatic carbocycles. The van der Waals surface area contributed by atoms with Gasteiger partial charge in [0.2, 0.25) is 0 Å². The zero-order chi connectivity index (χ0) is 12.1. The average molecular weight is 319 g/mol. The van der Waals surface area contributed by atoms with Gasteiger partial charge in [0.05, 0.1) is 11.1 Å². The Labute approximate surface area is 114 Å². The first-order valence-electron chi connectivity index (χ1n) is 4.84. The molecule has 0 unspecified atom stereocenters. The van der Waals surface area contributed by atoms with Crippen LogP contribution < -0.4 is 0 Å². The van der Waals surface area contributed by atoms with Crippen LogP contribution in [0.4, 0.5) is 0 Å². The highest BCUT2D eigenvalue weighted by molar-refractivity contribution is 9.10. The van der Waals surface area contributed by atoms with Crippen molar-refractivity contribution >= 4 is 44.2 Å². The van der Waals surface area contributed by atoms with Crippen LogP contribution in [0.5, 0.6) is 0 Å². The molecule has 1 nitrogen and oxygen atoms in total. The lowest BCUT2D eigenvalue weighted by atomic mass is 10.1. The standard InChI is InChI=1S/C12H10BrCl2N/c1-2-3-8(7-16)12(15)10-6-9(14)4-5-11(10)13/h4-6H,2-3H2,1H3/b12-8-. The van der Waals surface area contributed by atoms with E-state index in [0.29, 0.717) is 22.0 Å². The predicted octanol–water partition coefficient (Wildman–Crippen LogP) is 5.38. The van der Waals surface area contributed by atoms with E-state index in [0.717, 1.165) is 16.5 Å². The van der Waals surface area contributed by atoms with E-state index in [2.05, 4.69) is 22.0 Å². The van der Waals surface area contributed by atoms with Gasteiger partial charge in [-0.05, 0) is 24.6 Å². The minimum absolute atomic E-state index is 0.471. The molecule has 0 fully saturated rings. The molecule has 0 atom stereocenters. The number of hydrogen-bond acceptors (Lipinski definition) is 1. The average Bonchev–Trinajstić information content (AvgIpc) is 2.28. The summed E-state index contributed by atoms with van der Waals surface area (Å²) in [5.41, 5.74) is 1.35. The van der Waals surface area contributed by atoms with Crippen LogP contribution in [0, 0.1) is 11.3 Å². The van der Waals surface area contributed by atoms with Crippen molar-refractivity contribution < 1.29 is 0 Å². The van der Waals surface area contributed by atoms with Crippen LogP contribution in [0.2, 0.25) is 5.02 Å². The molecule has 0 aromatic heterocycles. The van der Waals surface area contributed by atoms with Crippen LogP contribution in [-0.2, 0) is 0 Å². The van der Waals surface area contributed by atoms with E-state index in [-0.39, 0.29) is 0 Å². The summed E-state index contributed by atoms with van der Waals surface area (Å²) in [7, 11) is 0. The van der Waals surface area contributed by atoms with E-state index >= 15 is 0 Å². The first-order chi connectivity index (χ1) is 7.60. The van der Waals surface area contributed by atoms with Crippen molar-refractivity contribution in [2.45, 2.75) is 19.8 Å². The first-order valence-corrected chi connectivity index (χ1v) is 6.39. The predicted molar refractivity (Wildman–Crippen MR) is 72.4 cm³/mol. The summed E-state index contributed by atoms with van der Waals surface area (Å²) >= 11 is 15.5. The summed E-state index contributed by atoms with van der Waals surface area (Å²) in [5, 5.41) is 10.1. The Morgan fingerprint density at radius 2 is 2.19 bits per heavy atom. The van der Waals surface area contributed by atoms with Gasteiger partial charge in [0, 0.05) is 20.6 Å². The SMILES string of the molecule is CCC/C(C#N)=C(/Cl)c1cc(Cl)ccc1Br. The van der Waals surface area contributed by atoms with E-state index in [9.17, 15) is 0 Å². The second-order valence-corrected chi connectivity index (χ2v) is 4.95. The molecule has 1 aromatic carbocycles. The van der Waals surface area contributed by atoms with Crippen LogP contribution in [0.1, 0.15) is 25.3 Å². The zero-order valence-corrected chi connectivity index (χ0v) is 11.8. The fraction of sp³-hybridized carbons (Fsp3) is 0.250. The lowest BCUT2D eigenvalue weighted by molar-refractivity contribution is 0.933. The Morgan fingerprint density at radius 3 is 2.75 bits per heavy atom. The quantitative estimate of drug-likeness (QED) is 0.687. The van der Waals surface area contributed by atoms with E-state index in [4.69, 9.17) is 28.5 Å². The number of hydrogen-bond donors (Lipinski definition) is 0. The molecule has 0 aliphatic rings. The second kappa shape index (κ2) is 6.30. The summed E-state index contributed by atoms with van der Waals surface area (Å²) in [5.74, 6) is 0. The van der Waals surface area contributed by atoms with Gasteiger partial charge in [-0.3, -0.25) is 0 Å². The highest BCUT2D eigenvalue weighted by Gasteiger charge is 2.10. The molecule has 0 saturated carbocycles.